The number of aliphatic carboxylic acids is 2. The molecule has 0 fully saturated rings. The second kappa shape index (κ2) is 22.3. The Bertz CT molecular complexity index is 366. The molecule has 0 bridgehead atoms. The van der Waals surface area contributed by atoms with E-state index in [2.05, 4.69) is 13.8 Å². The molecule has 2 N–H and O–H groups in total. The zero-order chi connectivity index (χ0) is 20.3. The standard InChI is InChI=1S/C23H44O4.K.H/c1-3-5-7-9-10-11-12-13-14-16-18-20(17-15-8-6-4-2)19-21(22(24)25)23(26)27;;/h20-21H,3-19H2,1-2H3,(H,24,25)(H,26,27);;/q;+1;-1. The van der Waals surface area contributed by atoms with Crippen LogP contribution >= 0.6 is 0 Å². The smallest absolute Gasteiger partial charge is 1.00 e. The number of carboxylic acid groups (broad SMARTS) is 2. The fourth-order valence-electron chi connectivity index (χ4n) is 3.80. The predicted molar refractivity (Wildman–Crippen MR) is 113 cm³/mol. The molecule has 0 spiro atoms. The van der Waals surface area contributed by atoms with Crippen LogP contribution in [-0.2, 0) is 9.59 Å². The molecule has 0 saturated carbocycles. The molecule has 0 aromatic heterocycles. The molecular weight excluding hydrogens is 379 g/mol. The van der Waals surface area contributed by atoms with E-state index in [-0.39, 0.29) is 65.1 Å². The van der Waals surface area contributed by atoms with Crippen LogP contribution in [0, 0.1) is 11.8 Å². The fraction of sp³-hybridized carbons (Fsp3) is 0.913. The van der Waals surface area contributed by atoms with Crippen molar-refractivity contribution >= 4 is 11.9 Å². The largest absolute Gasteiger partial charge is 1.00 e. The Morgan fingerprint density at radius 3 is 1.32 bits per heavy atom. The van der Waals surface area contributed by atoms with Gasteiger partial charge in [0, 0.05) is 0 Å². The van der Waals surface area contributed by atoms with Gasteiger partial charge in [-0.3, -0.25) is 9.59 Å². The van der Waals surface area contributed by atoms with Crippen LogP contribution in [0.3, 0.4) is 0 Å². The van der Waals surface area contributed by atoms with Crippen molar-refractivity contribution in [2.45, 2.75) is 123 Å². The minimum absolute atomic E-state index is 0. The van der Waals surface area contributed by atoms with Crippen molar-refractivity contribution in [3.05, 3.63) is 0 Å². The van der Waals surface area contributed by atoms with Crippen LogP contribution in [0.2, 0.25) is 0 Å². The van der Waals surface area contributed by atoms with Crippen molar-refractivity contribution < 1.29 is 72.6 Å². The van der Waals surface area contributed by atoms with E-state index in [1.54, 1.807) is 0 Å². The Labute approximate surface area is 217 Å². The van der Waals surface area contributed by atoms with E-state index in [4.69, 9.17) is 10.2 Å². The van der Waals surface area contributed by atoms with Gasteiger partial charge in [-0.2, -0.15) is 0 Å². The summed E-state index contributed by atoms with van der Waals surface area (Å²) in [6, 6.07) is 0. The van der Waals surface area contributed by atoms with Crippen molar-refractivity contribution in [1.82, 2.24) is 0 Å². The Balaban J connectivity index is -0.00000338. The van der Waals surface area contributed by atoms with Crippen LogP contribution in [0.25, 0.3) is 0 Å². The van der Waals surface area contributed by atoms with Gasteiger partial charge in [0.2, 0.25) is 0 Å². The monoisotopic (exact) mass is 424 g/mol. The van der Waals surface area contributed by atoms with Crippen LogP contribution in [-0.4, -0.2) is 22.2 Å². The quantitative estimate of drug-likeness (QED) is 0.175. The molecule has 0 rings (SSSR count). The first-order valence-electron chi connectivity index (χ1n) is 11.5. The van der Waals surface area contributed by atoms with Gasteiger partial charge in [0.05, 0.1) is 0 Å². The third kappa shape index (κ3) is 18.6. The maximum absolute atomic E-state index is 11.2. The molecule has 0 aromatic carbocycles. The molecule has 0 aliphatic carbocycles. The zero-order valence-electron chi connectivity index (χ0n) is 19.9. The van der Waals surface area contributed by atoms with Crippen LogP contribution < -0.4 is 51.4 Å². The van der Waals surface area contributed by atoms with Crippen LogP contribution in [0.1, 0.15) is 124 Å². The van der Waals surface area contributed by atoms with Gasteiger partial charge < -0.3 is 11.6 Å². The molecule has 0 saturated heterocycles. The summed E-state index contributed by atoms with van der Waals surface area (Å²) in [6.07, 6.45) is 19.7. The molecule has 0 aromatic rings. The van der Waals surface area contributed by atoms with Crippen molar-refractivity contribution in [3.8, 4) is 0 Å². The van der Waals surface area contributed by atoms with Gasteiger partial charge in [-0.1, -0.05) is 117 Å². The SMILES string of the molecule is CCCCCCCCCCCCC(CCCCCC)CC(C(=O)O)C(=O)O.[H-].[K+]. The van der Waals surface area contributed by atoms with E-state index < -0.39 is 17.9 Å². The summed E-state index contributed by atoms with van der Waals surface area (Å²) in [5.41, 5.74) is 0. The Morgan fingerprint density at radius 2 is 0.964 bits per heavy atom. The van der Waals surface area contributed by atoms with Crippen molar-refractivity contribution in [1.29, 1.82) is 0 Å². The first kappa shape index (κ1) is 30.8. The van der Waals surface area contributed by atoms with Gasteiger partial charge in [0.15, 0.2) is 5.92 Å². The molecular formula is C23H45KO4. The van der Waals surface area contributed by atoms with Crippen molar-refractivity contribution in [2.75, 3.05) is 0 Å². The second-order valence-corrected chi connectivity index (χ2v) is 8.15. The normalized spacial score (nSPS) is 12.0. The average Bonchev–Trinajstić information content (AvgIpc) is 2.63. The number of hydrogen-bond acceptors (Lipinski definition) is 2. The van der Waals surface area contributed by atoms with Gasteiger partial charge in [-0.15, -0.1) is 0 Å². The molecule has 0 radical (unpaired) electrons. The number of unbranched alkanes of at least 4 members (excludes halogenated alkanes) is 12. The van der Waals surface area contributed by atoms with Crippen molar-refractivity contribution in [3.63, 3.8) is 0 Å². The summed E-state index contributed by atoms with van der Waals surface area (Å²) in [5.74, 6) is -3.40. The summed E-state index contributed by atoms with van der Waals surface area (Å²) in [7, 11) is 0. The number of hydrogen-bond donors (Lipinski definition) is 2. The summed E-state index contributed by atoms with van der Waals surface area (Å²) < 4.78 is 0. The molecule has 28 heavy (non-hydrogen) atoms. The Kier molecular flexibility index (Phi) is 24.5. The maximum Gasteiger partial charge on any atom is 1.00 e. The molecule has 0 amide bonds. The zero-order valence-corrected chi connectivity index (χ0v) is 22.0. The molecule has 0 aliphatic rings. The fourth-order valence-corrected chi connectivity index (χ4v) is 3.80. The molecule has 1 unspecified atom stereocenters. The molecule has 5 heteroatoms. The van der Waals surface area contributed by atoms with E-state index in [1.165, 1.54) is 70.6 Å². The maximum atomic E-state index is 11.2. The number of carboxylic acids is 2. The van der Waals surface area contributed by atoms with Gasteiger partial charge in [0.1, 0.15) is 0 Å². The molecule has 4 nitrogen and oxygen atoms in total. The van der Waals surface area contributed by atoms with Gasteiger partial charge in [-0.25, -0.2) is 0 Å². The Morgan fingerprint density at radius 1 is 0.643 bits per heavy atom. The van der Waals surface area contributed by atoms with E-state index in [1.807, 2.05) is 0 Å². The molecule has 0 aliphatic heterocycles. The predicted octanol–water partition coefficient (Wildman–Crippen LogP) is 4.18. The van der Waals surface area contributed by atoms with Gasteiger partial charge in [0.25, 0.3) is 0 Å². The van der Waals surface area contributed by atoms with Gasteiger partial charge in [-0.05, 0) is 12.3 Å². The minimum Gasteiger partial charge on any atom is -1.00 e. The summed E-state index contributed by atoms with van der Waals surface area (Å²) >= 11 is 0. The van der Waals surface area contributed by atoms with Crippen molar-refractivity contribution in [2.24, 2.45) is 11.8 Å². The van der Waals surface area contributed by atoms with Crippen LogP contribution in [0.5, 0.6) is 0 Å². The minimum atomic E-state index is -1.25. The summed E-state index contributed by atoms with van der Waals surface area (Å²) in [4.78, 5) is 22.4. The summed E-state index contributed by atoms with van der Waals surface area (Å²) in [6.45, 7) is 4.42. The van der Waals surface area contributed by atoms with Gasteiger partial charge >= 0.3 is 63.3 Å². The summed E-state index contributed by atoms with van der Waals surface area (Å²) in [5, 5.41) is 18.3. The first-order valence-corrected chi connectivity index (χ1v) is 11.5. The molecule has 162 valence electrons. The number of carbonyl (C=O) groups is 2. The first-order chi connectivity index (χ1) is 13.0. The Hall–Kier alpha value is 0.576. The molecule has 0 heterocycles. The third-order valence-electron chi connectivity index (χ3n) is 5.60. The van der Waals surface area contributed by atoms with E-state index >= 15 is 0 Å². The van der Waals surface area contributed by atoms with E-state index in [0.29, 0.717) is 0 Å². The second-order valence-electron chi connectivity index (χ2n) is 8.15. The topological polar surface area (TPSA) is 74.6 Å². The van der Waals surface area contributed by atoms with E-state index in [0.717, 1.165) is 32.1 Å². The van der Waals surface area contributed by atoms with Crippen LogP contribution in [0.4, 0.5) is 0 Å². The molecule has 1 atom stereocenters. The number of rotatable bonds is 20. The average molecular weight is 425 g/mol. The van der Waals surface area contributed by atoms with Crippen LogP contribution in [0.15, 0.2) is 0 Å². The third-order valence-corrected chi connectivity index (χ3v) is 5.60. The van der Waals surface area contributed by atoms with E-state index in [9.17, 15) is 9.59 Å².